The van der Waals surface area contributed by atoms with E-state index in [4.69, 9.17) is 0 Å². The van der Waals surface area contributed by atoms with Crippen LogP contribution in [-0.2, 0) is 18.2 Å². The van der Waals surface area contributed by atoms with Crippen LogP contribution in [0.15, 0.2) is 36.4 Å². The summed E-state index contributed by atoms with van der Waals surface area (Å²) >= 11 is -0.501. The molecule has 2 aromatic carbocycles. The predicted octanol–water partition coefficient (Wildman–Crippen LogP) is 2.80. The standard InChI is InChI=1S/2C8H8O.Ti/c2*1-6-3-4-8(9)7(2)5-6;/h2*2-5,9H,1H3;. The summed E-state index contributed by atoms with van der Waals surface area (Å²) in [5, 5.41) is 19.5. The monoisotopic (exact) mass is 288 g/mol. The van der Waals surface area contributed by atoms with Crippen molar-refractivity contribution < 1.29 is 28.4 Å². The van der Waals surface area contributed by atoms with Gasteiger partial charge in [0.05, 0.1) is 0 Å². The number of phenols is 2. The fourth-order valence-electron chi connectivity index (χ4n) is 1.80. The van der Waals surface area contributed by atoms with Gasteiger partial charge in [-0.1, -0.05) is 0 Å². The molecule has 0 fully saturated rings. The Hall–Kier alpha value is -1.51. The molecule has 0 aliphatic carbocycles. The molecule has 2 aromatic rings. The van der Waals surface area contributed by atoms with Crippen LogP contribution in [-0.4, -0.2) is 18.8 Å². The quantitative estimate of drug-likeness (QED) is 0.834. The molecule has 0 aromatic heterocycles. The number of aromatic hydroxyl groups is 2. The van der Waals surface area contributed by atoms with Crippen LogP contribution in [0.5, 0.6) is 11.5 Å². The van der Waals surface area contributed by atoms with Gasteiger partial charge in [-0.2, -0.15) is 0 Å². The third-order valence-electron chi connectivity index (χ3n) is 2.84. The molecule has 0 saturated heterocycles. The van der Waals surface area contributed by atoms with Crippen molar-refractivity contribution in [1.29, 1.82) is 0 Å². The van der Waals surface area contributed by atoms with Crippen molar-refractivity contribution in [2.24, 2.45) is 0 Å². The van der Waals surface area contributed by atoms with Gasteiger partial charge in [-0.05, 0) is 0 Å². The molecular weight excluding hydrogens is 272 g/mol. The van der Waals surface area contributed by atoms with Crippen molar-refractivity contribution in [2.75, 3.05) is 0 Å². The Morgan fingerprint density at radius 1 is 0.789 bits per heavy atom. The van der Waals surface area contributed by atoms with Crippen molar-refractivity contribution in [1.82, 2.24) is 0 Å². The first-order valence-electron chi connectivity index (χ1n) is 6.08. The fraction of sp³-hybridized carbons (Fsp3) is 0.125. The Bertz CT molecular complexity index is 613. The van der Waals surface area contributed by atoms with Crippen molar-refractivity contribution in [3.8, 4) is 11.5 Å². The van der Waals surface area contributed by atoms with E-state index in [9.17, 15) is 10.2 Å². The number of hydrogen-bond acceptors (Lipinski definition) is 2. The number of benzene rings is 2. The van der Waals surface area contributed by atoms with Crippen LogP contribution in [0.4, 0.5) is 0 Å². The molecular formula is C16H16O2Ti. The van der Waals surface area contributed by atoms with Gasteiger partial charge in [0.25, 0.3) is 0 Å². The summed E-state index contributed by atoms with van der Waals surface area (Å²) < 4.78 is 4.15. The first-order valence-corrected chi connectivity index (χ1v) is 7.88. The van der Waals surface area contributed by atoms with Crippen LogP contribution in [0.2, 0.25) is 0 Å². The second-order valence-electron chi connectivity index (χ2n) is 4.58. The van der Waals surface area contributed by atoms with Crippen LogP contribution in [0, 0.1) is 13.8 Å². The Balaban J connectivity index is 2.34. The van der Waals surface area contributed by atoms with Crippen LogP contribution >= 0.6 is 0 Å². The topological polar surface area (TPSA) is 40.5 Å². The molecule has 0 bridgehead atoms. The first kappa shape index (κ1) is 13.9. The predicted molar refractivity (Wildman–Crippen MR) is 76.0 cm³/mol. The first-order chi connectivity index (χ1) is 9.06. The van der Waals surface area contributed by atoms with Crippen molar-refractivity contribution in [2.45, 2.75) is 13.8 Å². The number of hydrogen-bond donors (Lipinski definition) is 2. The van der Waals surface area contributed by atoms with Gasteiger partial charge in [0.15, 0.2) is 0 Å². The molecule has 3 heteroatoms. The Morgan fingerprint density at radius 3 is 1.63 bits per heavy atom. The van der Waals surface area contributed by atoms with Crippen LogP contribution in [0.3, 0.4) is 0 Å². The molecule has 2 nitrogen and oxygen atoms in total. The van der Waals surface area contributed by atoms with E-state index < -0.39 is 18.2 Å². The molecule has 0 radical (unpaired) electrons. The van der Waals surface area contributed by atoms with E-state index in [2.05, 4.69) is 8.63 Å². The van der Waals surface area contributed by atoms with Crippen molar-refractivity contribution in [3.05, 3.63) is 58.7 Å². The summed E-state index contributed by atoms with van der Waals surface area (Å²) in [7, 11) is 0. The molecule has 0 aliphatic rings. The van der Waals surface area contributed by atoms with E-state index >= 15 is 0 Å². The zero-order chi connectivity index (χ0) is 13.8. The van der Waals surface area contributed by atoms with Gasteiger partial charge < -0.3 is 0 Å². The Kier molecular flexibility index (Phi) is 4.46. The molecule has 0 spiro atoms. The van der Waals surface area contributed by atoms with E-state index in [1.165, 1.54) is 0 Å². The maximum atomic E-state index is 9.76. The summed E-state index contributed by atoms with van der Waals surface area (Å²) in [5.41, 5.74) is 4.02. The normalized spacial score (nSPS) is 9.79. The van der Waals surface area contributed by atoms with E-state index in [1.54, 1.807) is 12.1 Å². The molecule has 2 N–H and O–H groups in total. The van der Waals surface area contributed by atoms with Gasteiger partial charge in [-0.25, -0.2) is 0 Å². The van der Waals surface area contributed by atoms with Crippen LogP contribution < -0.4 is 0 Å². The molecule has 19 heavy (non-hydrogen) atoms. The summed E-state index contributed by atoms with van der Waals surface area (Å²) in [4.78, 5) is 0. The van der Waals surface area contributed by atoms with Crippen molar-refractivity contribution >= 4 is 8.63 Å². The number of aryl methyl sites for hydroxylation is 2. The van der Waals surface area contributed by atoms with Gasteiger partial charge >= 0.3 is 121 Å². The van der Waals surface area contributed by atoms with Crippen LogP contribution in [0.1, 0.15) is 22.3 Å². The summed E-state index contributed by atoms with van der Waals surface area (Å²) in [6.07, 6.45) is 0. The molecule has 96 valence electrons. The number of rotatable bonds is 2. The zero-order valence-corrected chi connectivity index (χ0v) is 12.6. The second kappa shape index (κ2) is 6.09. The molecule has 0 aliphatic heterocycles. The molecule has 0 unspecified atom stereocenters. The third-order valence-corrected chi connectivity index (χ3v) is 4.34. The molecule has 2 rings (SSSR count). The van der Waals surface area contributed by atoms with Gasteiger partial charge in [-0.3, -0.25) is 0 Å². The molecule has 0 saturated carbocycles. The second-order valence-corrected chi connectivity index (χ2v) is 6.00. The van der Waals surface area contributed by atoms with E-state index in [1.807, 2.05) is 38.1 Å². The average molecular weight is 288 g/mol. The molecule has 0 amide bonds. The maximum absolute atomic E-state index is 9.76. The zero-order valence-electron chi connectivity index (χ0n) is 11.0. The van der Waals surface area contributed by atoms with E-state index in [-0.39, 0.29) is 0 Å². The van der Waals surface area contributed by atoms with E-state index in [0.29, 0.717) is 11.5 Å². The SMILES string of the molecule is Cc1ccc(O)c([CH]=[Ti]=[CH]c2cc(C)ccc2O)c1. The Labute approximate surface area is 121 Å². The van der Waals surface area contributed by atoms with Gasteiger partial charge in [0, 0.05) is 0 Å². The minimum atomic E-state index is -0.501. The summed E-state index contributed by atoms with van der Waals surface area (Å²) in [5.74, 6) is 0.632. The van der Waals surface area contributed by atoms with Gasteiger partial charge in [0.2, 0.25) is 0 Å². The van der Waals surface area contributed by atoms with Crippen molar-refractivity contribution in [3.63, 3.8) is 0 Å². The van der Waals surface area contributed by atoms with Gasteiger partial charge in [0.1, 0.15) is 0 Å². The molecule has 0 atom stereocenters. The van der Waals surface area contributed by atoms with Gasteiger partial charge in [-0.15, -0.1) is 0 Å². The molecule has 0 heterocycles. The summed E-state index contributed by atoms with van der Waals surface area (Å²) in [6.45, 7) is 4.01. The fourth-order valence-corrected chi connectivity index (χ4v) is 3.21. The summed E-state index contributed by atoms with van der Waals surface area (Å²) in [6, 6.07) is 11.2. The van der Waals surface area contributed by atoms with Crippen LogP contribution in [0.25, 0.3) is 0 Å². The van der Waals surface area contributed by atoms with E-state index in [0.717, 1.165) is 22.3 Å². The minimum absolute atomic E-state index is 0.316. The number of phenolic OH excluding ortho intramolecular Hbond substituents is 2. The average Bonchev–Trinajstić information content (AvgIpc) is 2.38. The third kappa shape index (κ3) is 3.73. The Morgan fingerprint density at radius 2 is 1.21 bits per heavy atom.